The largest absolute Gasteiger partial charge is 0.477 e. The minimum atomic E-state index is -4.98. The van der Waals surface area contributed by atoms with Crippen LogP contribution in [0.15, 0.2) is 41.3 Å². The lowest BCUT2D eigenvalue weighted by molar-refractivity contribution is -0.136. The summed E-state index contributed by atoms with van der Waals surface area (Å²) in [4.78, 5) is 25.7. The number of aromatic nitrogens is 1. The molecule has 3 aromatic rings. The molecule has 1 saturated carbocycles. The van der Waals surface area contributed by atoms with E-state index in [1.165, 1.54) is 9.47 Å². The maximum absolute atomic E-state index is 15.4. The Morgan fingerprint density at radius 1 is 1.17 bits per heavy atom. The lowest BCUT2D eigenvalue weighted by atomic mass is 9.93. The van der Waals surface area contributed by atoms with Crippen molar-refractivity contribution in [1.29, 1.82) is 0 Å². The quantitative estimate of drug-likeness (QED) is 0.510. The van der Waals surface area contributed by atoms with Crippen molar-refractivity contribution in [3.8, 4) is 0 Å². The van der Waals surface area contributed by atoms with E-state index in [2.05, 4.69) is 0 Å². The van der Waals surface area contributed by atoms with Crippen molar-refractivity contribution in [3.05, 3.63) is 74.8 Å². The predicted molar refractivity (Wildman–Crippen MR) is 122 cm³/mol. The number of aromatic carboxylic acids is 1. The summed E-state index contributed by atoms with van der Waals surface area (Å²) in [6.07, 6.45) is -2.41. The van der Waals surface area contributed by atoms with Crippen LogP contribution in [-0.4, -0.2) is 28.7 Å². The summed E-state index contributed by atoms with van der Waals surface area (Å²) in [7, 11) is 0. The van der Waals surface area contributed by atoms with Gasteiger partial charge >= 0.3 is 12.1 Å². The van der Waals surface area contributed by atoms with Gasteiger partial charge in [0, 0.05) is 37.8 Å². The molecule has 35 heavy (non-hydrogen) atoms. The van der Waals surface area contributed by atoms with E-state index >= 15 is 4.39 Å². The Balaban J connectivity index is 1.72. The standard InChI is InChI=1S/C25H23F4N3O3/c26-19-9-17-21(32(15-5-6-15)12-18(23(17)33)24(34)35)20(25(27,28)29)22(19)31-8-7-14(11-31)16-4-2-1-3-13(16)10-30/h1-4,9,12,14-15H,5-8,10-11,30H2,(H,34,35). The molecule has 0 amide bonds. The second-order valence-electron chi connectivity index (χ2n) is 9.13. The molecule has 2 aromatic carbocycles. The van der Waals surface area contributed by atoms with E-state index in [0.29, 0.717) is 19.3 Å². The summed E-state index contributed by atoms with van der Waals surface area (Å²) in [5.74, 6) is -2.89. The number of benzene rings is 2. The Morgan fingerprint density at radius 3 is 2.51 bits per heavy atom. The van der Waals surface area contributed by atoms with Gasteiger partial charge in [0.15, 0.2) is 0 Å². The van der Waals surface area contributed by atoms with Crippen molar-refractivity contribution in [2.24, 2.45) is 5.73 Å². The molecular formula is C25H23F4N3O3. The molecule has 5 rings (SSSR count). The van der Waals surface area contributed by atoms with Crippen molar-refractivity contribution in [1.82, 2.24) is 4.57 Å². The van der Waals surface area contributed by atoms with Crippen LogP contribution in [0.3, 0.4) is 0 Å². The minimum Gasteiger partial charge on any atom is -0.477 e. The summed E-state index contributed by atoms with van der Waals surface area (Å²) < 4.78 is 60.3. The van der Waals surface area contributed by atoms with Crippen molar-refractivity contribution in [3.63, 3.8) is 0 Å². The molecule has 3 N–H and O–H groups in total. The summed E-state index contributed by atoms with van der Waals surface area (Å²) in [5, 5.41) is 8.84. The molecule has 184 valence electrons. The maximum Gasteiger partial charge on any atom is 0.420 e. The van der Waals surface area contributed by atoms with Gasteiger partial charge in [-0.15, -0.1) is 0 Å². The number of rotatable bonds is 5. The van der Waals surface area contributed by atoms with Gasteiger partial charge in [-0.2, -0.15) is 13.2 Å². The molecule has 1 aliphatic carbocycles. The van der Waals surface area contributed by atoms with Crippen LogP contribution < -0.4 is 16.1 Å². The first-order valence-corrected chi connectivity index (χ1v) is 11.4. The molecule has 2 aliphatic rings. The Labute approximate surface area is 197 Å². The van der Waals surface area contributed by atoms with Crippen molar-refractivity contribution in [2.75, 3.05) is 18.0 Å². The van der Waals surface area contributed by atoms with Gasteiger partial charge < -0.3 is 20.3 Å². The molecule has 2 fully saturated rings. The molecule has 0 bridgehead atoms. The molecule has 10 heteroatoms. The number of nitrogens with zero attached hydrogens (tertiary/aromatic N) is 2. The van der Waals surface area contributed by atoms with Gasteiger partial charge in [0.25, 0.3) is 0 Å². The highest BCUT2D eigenvalue weighted by atomic mass is 19.4. The normalized spacial score (nSPS) is 18.4. The zero-order valence-corrected chi connectivity index (χ0v) is 18.6. The third-order valence-corrected chi connectivity index (χ3v) is 6.92. The molecule has 0 radical (unpaired) electrons. The van der Waals surface area contributed by atoms with E-state index in [9.17, 15) is 27.9 Å². The zero-order valence-electron chi connectivity index (χ0n) is 18.6. The monoisotopic (exact) mass is 489 g/mol. The van der Waals surface area contributed by atoms with Gasteiger partial charge in [-0.3, -0.25) is 4.79 Å². The minimum absolute atomic E-state index is 0.133. The first kappa shape index (κ1) is 23.3. The van der Waals surface area contributed by atoms with Crippen molar-refractivity contribution >= 4 is 22.6 Å². The predicted octanol–water partition coefficient (Wildman–Crippen LogP) is 4.65. The first-order valence-electron chi connectivity index (χ1n) is 11.4. The SMILES string of the molecule is NCc1ccccc1C1CCN(c2c(F)cc3c(=O)c(C(=O)O)cn(C4CC4)c3c2C(F)(F)F)C1. The fourth-order valence-corrected chi connectivity index (χ4v) is 5.18. The summed E-state index contributed by atoms with van der Waals surface area (Å²) in [6.45, 7) is 0.629. The van der Waals surface area contributed by atoms with Crippen LogP contribution in [0.25, 0.3) is 10.9 Å². The van der Waals surface area contributed by atoms with E-state index < -0.39 is 51.1 Å². The highest BCUT2D eigenvalue weighted by Gasteiger charge is 2.43. The summed E-state index contributed by atoms with van der Waals surface area (Å²) in [6, 6.07) is 7.81. The number of halogens is 4. The first-order chi connectivity index (χ1) is 16.6. The molecular weight excluding hydrogens is 466 g/mol. The topological polar surface area (TPSA) is 88.6 Å². The number of pyridine rings is 1. The Hall–Kier alpha value is -3.40. The van der Waals surface area contributed by atoms with Gasteiger partial charge in [-0.1, -0.05) is 24.3 Å². The van der Waals surface area contributed by atoms with Crippen molar-refractivity contribution in [2.45, 2.75) is 43.9 Å². The fraction of sp³-hybridized carbons (Fsp3) is 0.360. The van der Waals surface area contributed by atoms with E-state index in [0.717, 1.165) is 23.4 Å². The average molecular weight is 489 g/mol. The lowest BCUT2D eigenvalue weighted by Gasteiger charge is -2.27. The third kappa shape index (κ3) is 3.95. The number of hydrogen-bond acceptors (Lipinski definition) is 4. The van der Waals surface area contributed by atoms with Gasteiger partial charge in [-0.25, -0.2) is 9.18 Å². The van der Waals surface area contributed by atoms with Gasteiger partial charge in [-0.05, 0) is 36.5 Å². The number of nitrogens with two attached hydrogens (primary N) is 1. The van der Waals surface area contributed by atoms with Crippen LogP contribution in [0.1, 0.15) is 58.3 Å². The number of carboxylic acid groups (broad SMARTS) is 1. The number of fused-ring (bicyclic) bond motifs is 1. The van der Waals surface area contributed by atoms with Gasteiger partial charge in [0.2, 0.25) is 5.43 Å². The Bertz CT molecular complexity index is 1400. The molecule has 1 atom stereocenters. The number of hydrogen-bond donors (Lipinski definition) is 2. The van der Waals surface area contributed by atoms with Crippen LogP contribution in [0.4, 0.5) is 23.2 Å². The lowest BCUT2D eigenvalue weighted by Crippen LogP contribution is -2.27. The molecule has 1 aromatic heterocycles. The number of carboxylic acids is 1. The highest BCUT2D eigenvalue weighted by Crippen LogP contribution is 2.47. The average Bonchev–Trinajstić information content (AvgIpc) is 3.54. The van der Waals surface area contributed by atoms with Crippen LogP contribution in [0.5, 0.6) is 0 Å². The molecule has 1 unspecified atom stereocenters. The van der Waals surface area contributed by atoms with Crippen LogP contribution in [0.2, 0.25) is 0 Å². The van der Waals surface area contributed by atoms with Crippen LogP contribution in [-0.2, 0) is 12.7 Å². The van der Waals surface area contributed by atoms with E-state index in [1.54, 1.807) is 0 Å². The van der Waals surface area contributed by atoms with E-state index in [4.69, 9.17) is 5.73 Å². The third-order valence-electron chi connectivity index (χ3n) is 6.92. The molecule has 0 spiro atoms. The van der Waals surface area contributed by atoms with E-state index in [-0.39, 0.29) is 31.6 Å². The smallest absolute Gasteiger partial charge is 0.420 e. The number of anilines is 1. The number of alkyl halides is 3. The summed E-state index contributed by atoms with van der Waals surface area (Å²) >= 11 is 0. The van der Waals surface area contributed by atoms with Gasteiger partial charge in [0.1, 0.15) is 16.9 Å². The Kier molecular flexibility index (Phi) is 5.58. The molecule has 6 nitrogen and oxygen atoms in total. The molecule has 1 aliphatic heterocycles. The second-order valence-corrected chi connectivity index (χ2v) is 9.13. The van der Waals surface area contributed by atoms with Crippen molar-refractivity contribution < 1.29 is 27.5 Å². The second kappa shape index (κ2) is 8.37. The Morgan fingerprint density at radius 2 is 1.89 bits per heavy atom. The fourth-order valence-electron chi connectivity index (χ4n) is 5.18. The van der Waals surface area contributed by atoms with E-state index in [1.807, 2.05) is 24.3 Å². The highest BCUT2D eigenvalue weighted by molar-refractivity contribution is 5.95. The molecule has 1 saturated heterocycles. The van der Waals surface area contributed by atoms with Crippen LogP contribution >= 0.6 is 0 Å². The zero-order chi connectivity index (χ0) is 25.1. The number of carbonyl (C=O) groups is 1. The van der Waals surface area contributed by atoms with Crippen LogP contribution in [0, 0.1) is 5.82 Å². The van der Waals surface area contributed by atoms with Gasteiger partial charge in [0.05, 0.1) is 16.6 Å². The molecule has 2 heterocycles. The maximum atomic E-state index is 15.4. The summed E-state index contributed by atoms with van der Waals surface area (Å²) in [5.41, 5.74) is 3.54.